The minimum Gasteiger partial charge on any atom is -0.380 e. The molecular weight excluding hydrogens is 418 g/mol. The van der Waals surface area contributed by atoms with Crippen LogP contribution >= 0.6 is 11.6 Å². The van der Waals surface area contributed by atoms with E-state index >= 15 is 0 Å². The lowest BCUT2D eigenvalue weighted by molar-refractivity contribution is -0.135. The van der Waals surface area contributed by atoms with Gasteiger partial charge in [-0.2, -0.15) is 0 Å². The van der Waals surface area contributed by atoms with Gasteiger partial charge in [-0.15, -0.1) is 11.6 Å². The first-order chi connectivity index (χ1) is 15.2. The zero-order valence-electron chi connectivity index (χ0n) is 19.5. The van der Waals surface area contributed by atoms with E-state index in [9.17, 15) is 4.79 Å². The second kappa shape index (κ2) is 16.2. The van der Waals surface area contributed by atoms with Gasteiger partial charge in [-0.1, -0.05) is 12.8 Å². The lowest BCUT2D eigenvalue weighted by Gasteiger charge is -2.34. The predicted octanol–water partition coefficient (Wildman–Crippen LogP) is 2.51. The van der Waals surface area contributed by atoms with E-state index in [4.69, 9.17) is 25.8 Å². The van der Waals surface area contributed by atoms with Crippen molar-refractivity contribution in [2.24, 2.45) is 0 Å². The Morgan fingerprint density at radius 1 is 0.871 bits per heavy atom. The largest absolute Gasteiger partial charge is 0.380 e. The van der Waals surface area contributed by atoms with E-state index in [2.05, 4.69) is 15.1 Å². The Kier molecular flexibility index (Phi) is 14.0. The van der Waals surface area contributed by atoms with Crippen LogP contribution in [0.5, 0.6) is 0 Å². The Morgan fingerprint density at radius 2 is 1.52 bits per heavy atom. The van der Waals surface area contributed by atoms with Crippen LogP contribution in [0.2, 0.25) is 0 Å². The number of carbonyl (C=O) groups excluding carboxylic acids is 1. The molecule has 1 saturated heterocycles. The van der Waals surface area contributed by atoms with Crippen LogP contribution in [0.4, 0.5) is 0 Å². The SMILES string of the molecule is CCOC1(C(=O)NCCOCCCN2CCN(CCOCCCCCCCl)CC2)CC1. The Hall–Kier alpha value is -0.440. The topological polar surface area (TPSA) is 63.3 Å². The smallest absolute Gasteiger partial charge is 0.252 e. The number of unbranched alkanes of at least 4 members (excludes halogenated alkanes) is 3. The summed E-state index contributed by atoms with van der Waals surface area (Å²) in [4.78, 5) is 17.1. The molecule has 1 saturated carbocycles. The summed E-state index contributed by atoms with van der Waals surface area (Å²) < 4.78 is 17.0. The third-order valence-corrected chi connectivity index (χ3v) is 6.29. The lowest BCUT2D eigenvalue weighted by atomic mass is 10.2. The molecule has 0 unspecified atom stereocenters. The molecule has 0 spiro atoms. The minimum absolute atomic E-state index is 0.0171. The van der Waals surface area contributed by atoms with E-state index < -0.39 is 5.60 Å². The first kappa shape index (κ1) is 26.8. The van der Waals surface area contributed by atoms with Crippen LogP contribution in [0.3, 0.4) is 0 Å². The van der Waals surface area contributed by atoms with Crippen molar-refractivity contribution in [3.8, 4) is 0 Å². The summed E-state index contributed by atoms with van der Waals surface area (Å²) in [5, 5.41) is 2.93. The van der Waals surface area contributed by atoms with Crippen molar-refractivity contribution in [2.75, 3.05) is 84.7 Å². The highest BCUT2D eigenvalue weighted by Crippen LogP contribution is 2.39. The molecule has 0 aromatic heterocycles. The molecule has 8 heteroatoms. The zero-order chi connectivity index (χ0) is 22.2. The number of alkyl halides is 1. The summed E-state index contributed by atoms with van der Waals surface area (Å²) in [7, 11) is 0. The summed E-state index contributed by atoms with van der Waals surface area (Å²) in [5.74, 6) is 0.790. The maximum absolute atomic E-state index is 12.1. The van der Waals surface area contributed by atoms with Crippen molar-refractivity contribution in [2.45, 2.75) is 57.5 Å². The molecule has 2 aliphatic rings. The fourth-order valence-electron chi connectivity index (χ4n) is 3.90. The highest BCUT2D eigenvalue weighted by atomic mass is 35.5. The van der Waals surface area contributed by atoms with Gasteiger partial charge in [-0.05, 0) is 39.0 Å². The van der Waals surface area contributed by atoms with Gasteiger partial charge in [0.15, 0.2) is 0 Å². The molecule has 0 radical (unpaired) electrons. The van der Waals surface area contributed by atoms with Gasteiger partial charge in [-0.25, -0.2) is 0 Å². The minimum atomic E-state index is -0.534. The predicted molar refractivity (Wildman–Crippen MR) is 125 cm³/mol. The van der Waals surface area contributed by atoms with E-state index in [0.717, 1.165) is 97.1 Å². The van der Waals surface area contributed by atoms with Crippen LogP contribution in [-0.2, 0) is 19.0 Å². The molecule has 0 aromatic carbocycles. The quantitative estimate of drug-likeness (QED) is 0.235. The number of piperazine rings is 1. The van der Waals surface area contributed by atoms with Crippen molar-refractivity contribution < 1.29 is 19.0 Å². The van der Waals surface area contributed by atoms with Gasteiger partial charge >= 0.3 is 0 Å². The monoisotopic (exact) mass is 461 g/mol. The molecule has 1 aliphatic carbocycles. The lowest BCUT2D eigenvalue weighted by Crippen LogP contribution is -2.47. The van der Waals surface area contributed by atoms with Gasteiger partial charge in [0, 0.05) is 71.5 Å². The van der Waals surface area contributed by atoms with E-state index in [1.165, 1.54) is 12.8 Å². The summed E-state index contributed by atoms with van der Waals surface area (Å²) in [6, 6.07) is 0. The summed E-state index contributed by atoms with van der Waals surface area (Å²) in [6.45, 7) is 12.7. The average Bonchev–Trinajstić information content (AvgIpc) is 3.57. The van der Waals surface area contributed by atoms with E-state index in [0.29, 0.717) is 19.8 Å². The standard InChI is InChI=1S/C23H44ClN3O4/c1-2-31-23(8-9-23)22(28)25-11-20-29-19-7-12-26-13-15-27(16-14-26)17-21-30-18-6-4-3-5-10-24/h2-21H2,1H3,(H,25,28). The third-order valence-electron chi connectivity index (χ3n) is 6.02. The molecule has 1 aliphatic heterocycles. The van der Waals surface area contributed by atoms with E-state index in [-0.39, 0.29) is 5.91 Å². The van der Waals surface area contributed by atoms with Crippen molar-refractivity contribution in [3.63, 3.8) is 0 Å². The summed E-state index contributed by atoms with van der Waals surface area (Å²) in [6.07, 6.45) is 7.40. The van der Waals surface area contributed by atoms with Gasteiger partial charge in [0.1, 0.15) is 5.60 Å². The van der Waals surface area contributed by atoms with Crippen molar-refractivity contribution in [3.05, 3.63) is 0 Å². The van der Waals surface area contributed by atoms with Gasteiger partial charge in [0.2, 0.25) is 0 Å². The maximum Gasteiger partial charge on any atom is 0.252 e. The van der Waals surface area contributed by atoms with E-state index in [1.807, 2.05) is 6.92 Å². The van der Waals surface area contributed by atoms with Crippen LogP contribution in [0.1, 0.15) is 51.9 Å². The second-order valence-electron chi connectivity index (χ2n) is 8.55. The Morgan fingerprint density at radius 3 is 2.19 bits per heavy atom. The number of ether oxygens (including phenoxy) is 3. The van der Waals surface area contributed by atoms with E-state index in [1.54, 1.807) is 0 Å². The van der Waals surface area contributed by atoms with Crippen molar-refractivity contribution in [1.82, 2.24) is 15.1 Å². The molecule has 0 bridgehead atoms. The molecule has 0 atom stereocenters. The fourth-order valence-corrected chi connectivity index (χ4v) is 4.09. The Labute approximate surface area is 194 Å². The Balaban J connectivity index is 1.35. The molecule has 0 aromatic rings. The molecule has 2 rings (SSSR count). The molecule has 2 fully saturated rings. The first-order valence-electron chi connectivity index (χ1n) is 12.3. The first-order valence-corrected chi connectivity index (χ1v) is 12.8. The number of hydrogen-bond donors (Lipinski definition) is 1. The van der Waals surface area contributed by atoms with Crippen LogP contribution < -0.4 is 5.32 Å². The average molecular weight is 462 g/mol. The molecule has 7 nitrogen and oxygen atoms in total. The highest BCUT2D eigenvalue weighted by molar-refractivity contribution is 6.17. The molecule has 1 heterocycles. The number of nitrogens with one attached hydrogen (secondary N) is 1. The number of hydrogen-bond acceptors (Lipinski definition) is 6. The highest BCUT2D eigenvalue weighted by Gasteiger charge is 2.50. The fraction of sp³-hybridized carbons (Fsp3) is 0.957. The normalized spacial score (nSPS) is 18.9. The number of nitrogens with zero attached hydrogens (tertiary/aromatic N) is 2. The maximum atomic E-state index is 12.1. The number of carbonyl (C=O) groups is 1. The number of amides is 1. The Bertz CT molecular complexity index is 472. The van der Waals surface area contributed by atoms with Crippen LogP contribution in [0.15, 0.2) is 0 Å². The van der Waals surface area contributed by atoms with Gasteiger partial charge < -0.3 is 24.4 Å². The van der Waals surface area contributed by atoms with Crippen molar-refractivity contribution in [1.29, 1.82) is 0 Å². The van der Waals surface area contributed by atoms with Crippen LogP contribution in [0.25, 0.3) is 0 Å². The summed E-state index contributed by atoms with van der Waals surface area (Å²) in [5.41, 5.74) is -0.534. The second-order valence-corrected chi connectivity index (χ2v) is 8.93. The van der Waals surface area contributed by atoms with Gasteiger partial charge in [0.25, 0.3) is 5.91 Å². The van der Waals surface area contributed by atoms with Gasteiger partial charge in [-0.3, -0.25) is 9.69 Å². The third kappa shape index (κ3) is 11.3. The molecule has 1 N–H and O–H groups in total. The van der Waals surface area contributed by atoms with Gasteiger partial charge in [0.05, 0.1) is 13.2 Å². The van der Waals surface area contributed by atoms with Crippen LogP contribution in [-0.4, -0.2) is 106 Å². The van der Waals surface area contributed by atoms with Crippen molar-refractivity contribution >= 4 is 17.5 Å². The molecule has 182 valence electrons. The number of halogens is 1. The summed E-state index contributed by atoms with van der Waals surface area (Å²) >= 11 is 5.68. The number of rotatable bonds is 19. The molecular formula is C23H44ClN3O4. The molecule has 1 amide bonds. The van der Waals surface area contributed by atoms with Crippen LogP contribution in [0, 0.1) is 0 Å². The molecule has 31 heavy (non-hydrogen) atoms. The zero-order valence-corrected chi connectivity index (χ0v) is 20.3.